The summed E-state index contributed by atoms with van der Waals surface area (Å²) in [6.45, 7) is 3.60. The van der Waals surface area contributed by atoms with Crippen LogP contribution in [0.15, 0.2) is 81.5 Å². The van der Waals surface area contributed by atoms with Gasteiger partial charge in [0.25, 0.3) is 5.56 Å². The number of hydrogen-bond donors (Lipinski definition) is 0. The number of allylic oxidation sites excluding steroid dienone is 1. The smallest absolute Gasteiger partial charge is 0.269 e. The number of pyridine rings is 1. The highest BCUT2D eigenvalue weighted by atomic mass is 35.5. The number of nitrogens with zero attached hydrogens (tertiary/aromatic N) is 3. The van der Waals surface area contributed by atoms with Gasteiger partial charge in [0.15, 0.2) is 0 Å². The average molecular weight is 492 g/mol. The first kappa shape index (κ1) is 23.2. The van der Waals surface area contributed by atoms with Gasteiger partial charge in [-0.3, -0.25) is 9.20 Å². The monoisotopic (exact) mass is 491 g/mol. The first-order valence-corrected chi connectivity index (χ1v) is 12.0. The van der Waals surface area contributed by atoms with Gasteiger partial charge in [-0.1, -0.05) is 35.4 Å². The van der Waals surface area contributed by atoms with Crippen LogP contribution in [0.5, 0.6) is 11.6 Å². The van der Waals surface area contributed by atoms with Crippen LogP contribution in [0.4, 0.5) is 0 Å². The van der Waals surface area contributed by atoms with Crippen molar-refractivity contribution < 1.29 is 13.2 Å². The summed E-state index contributed by atoms with van der Waals surface area (Å²) in [6, 6.07) is 17.6. The van der Waals surface area contributed by atoms with Crippen LogP contribution in [0.1, 0.15) is 16.7 Å². The molecule has 0 aliphatic rings. The van der Waals surface area contributed by atoms with Gasteiger partial charge < -0.3 is 4.74 Å². The van der Waals surface area contributed by atoms with E-state index in [1.165, 1.54) is 22.7 Å². The van der Waals surface area contributed by atoms with Crippen LogP contribution in [0.2, 0.25) is 5.02 Å². The summed E-state index contributed by atoms with van der Waals surface area (Å²) in [5.74, 6) is 0.206. The number of rotatable bonds is 5. The van der Waals surface area contributed by atoms with E-state index in [4.69, 9.17) is 16.3 Å². The van der Waals surface area contributed by atoms with Crippen LogP contribution in [-0.2, 0) is 9.84 Å². The molecule has 2 heterocycles. The fourth-order valence-electron chi connectivity index (χ4n) is 3.25. The summed E-state index contributed by atoms with van der Waals surface area (Å²) in [5.41, 5.74) is 1.17. The van der Waals surface area contributed by atoms with Crippen LogP contribution < -0.4 is 10.3 Å². The van der Waals surface area contributed by atoms with Crippen molar-refractivity contribution in [3.05, 3.63) is 104 Å². The Hall–Kier alpha value is -3.93. The Morgan fingerprint density at radius 2 is 1.76 bits per heavy atom. The van der Waals surface area contributed by atoms with Gasteiger partial charge in [-0.05, 0) is 68.0 Å². The third-order valence-corrected chi connectivity index (χ3v) is 7.02. The van der Waals surface area contributed by atoms with E-state index in [2.05, 4.69) is 4.98 Å². The van der Waals surface area contributed by atoms with E-state index in [1.807, 2.05) is 6.92 Å². The number of sulfone groups is 1. The van der Waals surface area contributed by atoms with Crippen molar-refractivity contribution in [2.45, 2.75) is 18.7 Å². The van der Waals surface area contributed by atoms with Gasteiger partial charge in [0.1, 0.15) is 27.9 Å². The highest BCUT2D eigenvalue weighted by Gasteiger charge is 2.24. The second kappa shape index (κ2) is 9.14. The number of aryl methyl sites for hydroxylation is 2. The average Bonchev–Trinajstić information content (AvgIpc) is 2.81. The zero-order chi connectivity index (χ0) is 24.5. The second-order valence-corrected chi connectivity index (χ2v) is 9.87. The van der Waals surface area contributed by atoms with Crippen molar-refractivity contribution in [1.29, 1.82) is 5.26 Å². The maximum absolute atomic E-state index is 13.4. The van der Waals surface area contributed by atoms with Crippen molar-refractivity contribution in [2.24, 2.45) is 0 Å². The summed E-state index contributed by atoms with van der Waals surface area (Å²) < 4.78 is 33.4. The maximum atomic E-state index is 13.4. The number of hydrogen-bond acceptors (Lipinski definition) is 6. The molecule has 0 fully saturated rings. The van der Waals surface area contributed by atoms with Crippen LogP contribution in [-0.4, -0.2) is 17.8 Å². The van der Waals surface area contributed by atoms with Crippen molar-refractivity contribution in [3.63, 3.8) is 0 Å². The highest BCUT2D eigenvalue weighted by Crippen LogP contribution is 2.28. The lowest BCUT2D eigenvalue weighted by Crippen LogP contribution is -2.20. The van der Waals surface area contributed by atoms with Crippen LogP contribution >= 0.6 is 11.6 Å². The Balaban J connectivity index is 1.95. The van der Waals surface area contributed by atoms with Crippen LogP contribution in [0, 0.1) is 25.2 Å². The molecule has 0 amide bonds. The maximum Gasteiger partial charge on any atom is 0.269 e. The summed E-state index contributed by atoms with van der Waals surface area (Å²) in [7, 11) is -4.19. The quantitative estimate of drug-likeness (QED) is 0.360. The predicted octanol–water partition coefficient (Wildman–Crippen LogP) is 5.10. The molecule has 0 radical (unpaired) electrons. The largest absolute Gasteiger partial charge is 0.438 e. The third-order valence-electron chi connectivity index (χ3n) is 5.08. The molecule has 0 atom stereocenters. The molecule has 4 rings (SSSR count). The molecular weight excluding hydrogens is 474 g/mol. The van der Waals surface area contributed by atoms with E-state index >= 15 is 0 Å². The molecule has 0 saturated heterocycles. The van der Waals surface area contributed by atoms with Crippen molar-refractivity contribution in [3.8, 4) is 17.7 Å². The topological polar surface area (TPSA) is 102 Å². The number of benzene rings is 2. The zero-order valence-corrected chi connectivity index (χ0v) is 19.8. The Kier molecular flexibility index (Phi) is 6.24. The lowest BCUT2D eigenvalue weighted by atomic mass is 10.2. The fraction of sp³-hybridized carbons (Fsp3) is 0.0800. The van der Waals surface area contributed by atoms with E-state index in [1.54, 1.807) is 61.5 Å². The molecule has 0 aliphatic carbocycles. The number of nitriles is 1. The first-order chi connectivity index (χ1) is 16.2. The third kappa shape index (κ3) is 4.44. The SMILES string of the molecule is Cc1ccc(S(=O)(=O)/C(C#N)=C/c2c(Oc3ccc(Cl)cc3)nc3c(C)cccn3c2=O)cc1. The number of halogens is 1. The van der Waals surface area contributed by atoms with Crippen LogP contribution in [0.25, 0.3) is 11.7 Å². The molecule has 2 aromatic carbocycles. The summed E-state index contributed by atoms with van der Waals surface area (Å²) in [4.78, 5) is 17.2. The molecule has 170 valence electrons. The minimum Gasteiger partial charge on any atom is -0.438 e. The Morgan fingerprint density at radius 3 is 2.41 bits per heavy atom. The first-order valence-electron chi connectivity index (χ1n) is 10.1. The second-order valence-electron chi connectivity index (χ2n) is 7.51. The molecule has 0 unspecified atom stereocenters. The van der Waals surface area contributed by atoms with E-state index < -0.39 is 20.3 Å². The molecule has 34 heavy (non-hydrogen) atoms. The number of ether oxygens (including phenoxy) is 1. The van der Waals surface area contributed by atoms with Crippen LogP contribution in [0.3, 0.4) is 0 Å². The standard InChI is InChI=1S/C25H18ClN3O4S/c1-16-5-11-20(12-6-16)34(31,32)21(15-27)14-22-24(33-19-9-7-18(26)8-10-19)28-23-17(2)4-3-13-29(23)25(22)30/h3-14H,1-2H3/b21-14+. The molecule has 4 aromatic rings. The summed E-state index contributed by atoms with van der Waals surface area (Å²) >= 11 is 5.94. The molecule has 0 bridgehead atoms. The molecule has 0 N–H and O–H groups in total. The molecule has 0 aliphatic heterocycles. The minimum absolute atomic E-state index is 0.0595. The van der Waals surface area contributed by atoms with Gasteiger partial charge in [0.05, 0.1) is 4.90 Å². The summed E-state index contributed by atoms with van der Waals surface area (Å²) in [6.07, 6.45) is 2.52. The van der Waals surface area contributed by atoms with Gasteiger partial charge in [-0.25, -0.2) is 8.42 Å². The lowest BCUT2D eigenvalue weighted by Gasteiger charge is -2.12. The van der Waals surface area contributed by atoms with E-state index in [-0.39, 0.29) is 16.3 Å². The zero-order valence-electron chi connectivity index (χ0n) is 18.2. The summed E-state index contributed by atoms with van der Waals surface area (Å²) in [5, 5.41) is 10.2. The predicted molar refractivity (Wildman–Crippen MR) is 130 cm³/mol. The number of aromatic nitrogens is 2. The molecule has 9 heteroatoms. The minimum atomic E-state index is -4.19. The molecule has 7 nitrogen and oxygen atoms in total. The fourth-order valence-corrected chi connectivity index (χ4v) is 4.52. The van der Waals surface area contributed by atoms with Gasteiger partial charge in [0.2, 0.25) is 15.7 Å². The van der Waals surface area contributed by atoms with E-state index in [9.17, 15) is 18.5 Å². The Morgan fingerprint density at radius 1 is 1.09 bits per heavy atom. The highest BCUT2D eigenvalue weighted by molar-refractivity contribution is 7.95. The Labute approximate surface area is 201 Å². The normalized spacial score (nSPS) is 11.9. The molecule has 2 aromatic heterocycles. The van der Waals surface area contributed by atoms with Gasteiger partial charge in [-0.2, -0.15) is 10.2 Å². The molecular formula is C25H18ClN3O4S. The van der Waals surface area contributed by atoms with Gasteiger partial charge in [0, 0.05) is 11.2 Å². The van der Waals surface area contributed by atoms with Crippen molar-refractivity contribution in [1.82, 2.24) is 9.38 Å². The molecule has 0 spiro atoms. The molecule has 0 saturated carbocycles. The van der Waals surface area contributed by atoms with E-state index in [0.717, 1.165) is 11.6 Å². The number of fused-ring (bicyclic) bond motifs is 1. The lowest BCUT2D eigenvalue weighted by molar-refractivity contribution is 0.461. The van der Waals surface area contributed by atoms with E-state index in [0.29, 0.717) is 22.0 Å². The van der Waals surface area contributed by atoms with Crippen molar-refractivity contribution >= 4 is 33.2 Å². The Bertz CT molecular complexity index is 1630. The van der Waals surface area contributed by atoms with Crippen molar-refractivity contribution in [2.75, 3.05) is 0 Å². The van der Waals surface area contributed by atoms with Gasteiger partial charge >= 0.3 is 0 Å². The van der Waals surface area contributed by atoms with Gasteiger partial charge in [-0.15, -0.1) is 0 Å².